The molecule has 8 nitrogen and oxygen atoms in total. The number of carbonyl (C=O) groups is 1. The molecule has 34 heavy (non-hydrogen) atoms. The number of rotatable bonds is 5. The van der Waals surface area contributed by atoms with Crippen molar-refractivity contribution in [3.63, 3.8) is 0 Å². The minimum Gasteiger partial charge on any atom is -0.461 e. The SMILES string of the molecule is CN(C)C1CCc2oc3ccc(N(CS(=O)(=O)O)C(=O)c4cccc5ncccc45)cc3c2C1. The smallest absolute Gasteiger partial charge is 0.283 e. The molecule has 0 spiro atoms. The zero-order valence-corrected chi connectivity index (χ0v) is 19.7. The predicted octanol–water partition coefficient (Wildman–Crippen LogP) is 3.89. The highest BCUT2D eigenvalue weighted by atomic mass is 32.2. The van der Waals surface area contributed by atoms with Gasteiger partial charge in [-0.2, -0.15) is 8.42 Å². The molecule has 1 aliphatic rings. The van der Waals surface area contributed by atoms with Gasteiger partial charge in [-0.25, -0.2) is 0 Å². The Labute approximate surface area is 197 Å². The lowest BCUT2D eigenvalue weighted by Gasteiger charge is -2.27. The summed E-state index contributed by atoms with van der Waals surface area (Å²) in [6.07, 6.45) is 4.25. The molecular formula is C25H25N3O5S. The Balaban J connectivity index is 1.62. The average Bonchev–Trinajstić information content (AvgIpc) is 3.18. The zero-order chi connectivity index (χ0) is 24.0. The number of pyridine rings is 1. The van der Waals surface area contributed by atoms with Crippen molar-refractivity contribution in [2.75, 3.05) is 24.9 Å². The molecule has 0 bridgehead atoms. The van der Waals surface area contributed by atoms with Crippen LogP contribution in [0.5, 0.6) is 0 Å². The summed E-state index contributed by atoms with van der Waals surface area (Å²) in [5, 5.41) is 1.46. The van der Waals surface area contributed by atoms with Crippen molar-refractivity contribution in [3.8, 4) is 0 Å². The molecule has 2 aromatic heterocycles. The number of nitrogens with zero attached hydrogens (tertiary/aromatic N) is 3. The molecule has 0 saturated carbocycles. The van der Waals surface area contributed by atoms with Crippen LogP contribution in [0, 0.1) is 0 Å². The maximum Gasteiger partial charge on any atom is 0.283 e. The average molecular weight is 480 g/mol. The van der Waals surface area contributed by atoms with Crippen molar-refractivity contribution in [2.24, 2.45) is 0 Å². The first-order chi connectivity index (χ1) is 16.2. The second-order valence-corrected chi connectivity index (χ2v) is 10.3. The first kappa shape index (κ1) is 22.5. The van der Waals surface area contributed by atoms with E-state index in [-0.39, 0.29) is 0 Å². The molecule has 176 valence electrons. The lowest BCUT2D eigenvalue weighted by atomic mass is 9.91. The monoisotopic (exact) mass is 479 g/mol. The number of benzene rings is 2. The maximum atomic E-state index is 13.6. The van der Waals surface area contributed by atoms with Crippen LogP contribution in [0.2, 0.25) is 0 Å². The molecule has 0 aliphatic heterocycles. The van der Waals surface area contributed by atoms with E-state index in [1.54, 1.807) is 54.7 Å². The van der Waals surface area contributed by atoms with Crippen LogP contribution < -0.4 is 4.90 Å². The fraction of sp³-hybridized carbons (Fsp3) is 0.280. The number of amides is 1. The highest BCUT2D eigenvalue weighted by molar-refractivity contribution is 7.85. The van der Waals surface area contributed by atoms with Crippen LogP contribution in [-0.2, 0) is 23.0 Å². The Hall–Kier alpha value is -3.27. The number of hydrogen-bond acceptors (Lipinski definition) is 6. The third-order valence-electron chi connectivity index (χ3n) is 6.46. The van der Waals surface area contributed by atoms with Gasteiger partial charge in [0.1, 0.15) is 11.3 Å². The number of carbonyl (C=O) groups excluding carboxylic acids is 1. The van der Waals surface area contributed by atoms with Crippen molar-refractivity contribution in [1.29, 1.82) is 0 Å². The fourth-order valence-corrected chi connectivity index (χ4v) is 5.30. The van der Waals surface area contributed by atoms with Gasteiger partial charge in [0.05, 0.1) is 5.52 Å². The molecule has 1 N–H and O–H groups in total. The molecule has 5 rings (SSSR count). The van der Waals surface area contributed by atoms with Crippen LogP contribution in [0.4, 0.5) is 5.69 Å². The summed E-state index contributed by atoms with van der Waals surface area (Å²) in [4.78, 5) is 21.2. The minimum absolute atomic E-state index is 0.302. The van der Waals surface area contributed by atoms with E-state index in [1.807, 2.05) is 0 Å². The third-order valence-corrected chi connectivity index (χ3v) is 7.04. The number of fused-ring (bicyclic) bond motifs is 4. The summed E-state index contributed by atoms with van der Waals surface area (Å²) < 4.78 is 39.5. The van der Waals surface area contributed by atoms with Crippen LogP contribution in [0.3, 0.4) is 0 Å². The Morgan fingerprint density at radius 2 is 1.97 bits per heavy atom. The Morgan fingerprint density at radius 3 is 2.74 bits per heavy atom. The molecule has 0 radical (unpaired) electrons. The normalized spacial score (nSPS) is 16.2. The lowest BCUT2D eigenvalue weighted by molar-refractivity contribution is 0.0992. The van der Waals surface area contributed by atoms with Gasteiger partial charge in [-0.15, -0.1) is 0 Å². The van der Waals surface area contributed by atoms with Gasteiger partial charge in [-0.1, -0.05) is 12.1 Å². The van der Waals surface area contributed by atoms with Gasteiger partial charge in [0.2, 0.25) is 0 Å². The van der Waals surface area contributed by atoms with Gasteiger partial charge in [0.25, 0.3) is 16.0 Å². The molecule has 0 saturated heterocycles. The second-order valence-electron chi connectivity index (χ2n) is 8.86. The maximum absolute atomic E-state index is 13.6. The first-order valence-corrected chi connectivity index (χ1v) is 12.6. The van der Waals surface area contributed by atoms with Crippen molar-refractivity contribution in [3.05, 3.63) is 71.6 Å². The van der Waals surface area contributed by atoms with Crippen LogP contribution in [0.15, 0.2) is 59.1 Å². The highest BCUT2D eigenvalue weighted by Gasteiger charge is 2.28. The molecule has 1 atom stereocenters. The quantitative estimate of drug-likeness (QED) is 0.433. The zero-order valence-electron chi connectivity index (χ0n) is 18.9. The number of aryl methyl sites for hydroxylation is 1. The molecule has 0 fully saturated rings. The molecule has 2 aromatic carbocycles. The van der Waals surface area contributed by atoms with Gasteiger partial charge < -0.3 is 9.32 Å². The highest BCUT2D eigenvalue weighted by Crippen LogP contribution is 2.36. The molecule has 4 aromatic rings. The number of hydrogen-bond donors (Lipinski definition) is 1. The summed E-state index contributed by atoms with van der Waals surface area (Å²) >= 11 is 0. The van der Waals surface area contributed by atoms with Gasteiger partial charge in [-0.3, -0.25) is 19.2 Å². The molecule has 1 amide bonds. The Bertz CT molecular complexity index is 1500. The van der Waals surface area contributed by atoms with Crippen LogP contribution in [-0.4, -0.2) is 54.8 Å². The number of likely N-dealkylation sites (N-methyl/N-ethyl adjacent to an activating group) is 1. The van der Waals surface area contributed by atoms with Crippen molar-refractivity contribution in [2.45, 2.75) is 25.3 Å². The Morgan fingerprint density at radius 1 is 1.15 bits per heavy atom. The predicted molar refractivity (Wildman–Crippen MR) is 131 cm³/mol. The number of aromatic nitrogens is 1. The molecule has 2 heterocycles. The summed E-state index contributed by atoms with van der Waals surface area (Å²) in [5.41, 5.74) is 3.06. The fourth-order valence-electron chi connectivity index (χ4n) is 4.71. The minimum atomic E-state index is -4.50. The first-order valence-electron chi connectivity index (χ1n) is 11.0. The molecular weight excluding hydrogens is 454 g/mol. The van der Waals surface area contributed by atoms with E-state index < -0.39 is 21.9 Å². The second kappa shape index (κ2) is 8.50. The van der Waals surface area contributed by atoms with Gasteiger partial charge in [0.15, 0.2) is 5.88 Å². The van der Waals surface area contributed by atoms with E-state index in [1.165, 1.54) is 0 Å². The van der Waals surface area contributed by atoms with Crippen molar-refractivity contribution >= 4 is 43.6 Å². The van der Waals surface area contributed by atoms with Crippen LogP contribution in [0.25, 0.3) is 21.9 Å². The summed E-state index contributed by atoms with van der Waals surface area (Å²) in [5.74, 6) is -0.480. The molecule has 1 unspecified atom stereocenters. The molecule has 9 heteroatoms. The van der Waals surface area contributed by atoms with E-state index in [0.717, 1.165) is 40.9 Å². The van der Waals surface area contributed by atoms with Gasteiger partial charge in [-0.05, 0) is 63.3 Å². The van der Waals surface area contributed by atoms with E-state index in [0.29, 0.717) is 33.8 Å². The standard InChI is InChI=1S/C25H25N3O5S/c1-27(2)16-8-10-23-20(13-16)21-14-17(9-11-24(21)33-23)28(15-34(30,31)32)25(29)19-5-3-7-22-18(19)6-4-12-26-22/h3-7,9,11-12,14,16H,8,10,13,15H2,1-2H3,(H,30,31,32). The van der Waals surface area contributed by atoms with Crippen LogP contribution >= 0.6 is 0 Å². The molecule has 1 aliphatic carbocycles. The van der Waals surface area contributed by atoms with E-state index in [9.17, 15) is 17.8 Å². The topological polar surface area (TPSA) is 104 Å². The van der Waals surface area contributed by atoms with Gasteiger partial charge >= 0.3 is 0 Å². The number of anilines is 1. The van der Waals surface area contributed by atoms with Crippen molar-refractivity contribution < 1.29 is 22.2 Å². The van der Waals surface area contributed by atoms with E-state index in [4.69, 9.17) is 4.42 Å². The Kier molecular flexibility index (Phi) is 5.63. The van der Waals surface area contributed by atoms with Gasteiger partial charge in [0, 0.05) is 46.2 Å². The van der Waals surface area contributed by atoms with E-state index in [2.05, 4.69) is 24.0 Å². The number of furan rings is 1. The van der Waals surface area contributed by atoms with Crippen molar-refractivity contribution in [1.82, 2.24) is 9.88 Å². The van der Waals surface area contributed by atoms with Crippen LogP contribution in [0.1, 0.15) is 28.1 Å². The third kappa shape index (κ3) is 4.18. The van der Waals surface area contributed by atoms with E-state index >= 15 is 0 Å². The summed E-state index contributed by atoms with van der Waals surface area (Å²) in [7, 11) is -0.395. The largest absolute Gasteiger partial charge is 0.461 e. The summed E-state index contributed by atoms with van der Waals surface area (Å²) in [6, 6.07) is 14.1. The summed E-state index contributed by atoms with van der Waals surface area (Å²) in [6.45, 7) is 0. The lowest BCUT2D eigenvalue weighted by Crippen LogP contribution is -2.35.